The van der Waals surface area contributed by atoms with Crippen molar-refractivity contribution in [2.75, 3.05) is 5.32 Å². The van der Waals surface area contributed by atoms with Crippen molar-refractivity contribution < 1.29 is 9.18 Å². The molecule has 0 fully saturated rings. The highest BCUT2D eigenvalue weighted by Crippen LogP contribution is 2.39. The van der Waals surface area contributed by atoms with Gasteiger partial charge < -0.3 is 5.32 Å². The number of rotatable bonds is 1. The molecule has 3 rings (SSSR count). The van der Waals surface area contributed by atoms with Crippen molar-refractivity contribution in [1.29, 1.82) is 0 Å². The topological polar surface area (TPSA) is 29.1 Å². The maximum absolute atomic E-state index is 13.7. The van der Waals surface area contributed by atoms with Crippen LogP contribution in [0.5, 0.6) is 0 Å². The molecule has 1 heterocycles. The number of hydrogen-bond donors (Lipinski definition) is 1. The Bertz CT molecular complexity index is 742. The lowest BCUT2D eigenvalue weighted by atomic mass is 9.83. The molecule has 0 aliphatic carbocycles. The van der Waals surface area contributed by atoms with E-state index in [0.29, 0.717) is 6.42 Å². The Morgan fingerprint density at radius 2 is 1.90 bits per heavy atom. The van der Waals surface area contributed by atoms with Gasteiger partial charge in [0.05, 0.1) is 5.02 Å². The Balaban J connectivity index is 2.14. The summed E-state index contributed by atoms with van der Waals surface area (Å²) in [6.07, 6.45) is 0.316. The van der Waals surface area contributed by atoms with Crippen LogP contribution in [0.4, 0.5) is 10.1 Å². The van der Waals surface area contributed by atoms with Crippen molar-refractivity contribution in [3.05, 3.63) is 63.4 Å². The average molecular weight is 304 g/mol. The molecule has 0 bridgehead atoms. The molecular formula is C17H15ClFNO. The first kappa shape index (κ1) is 14.1. The lowest BCUT2D eigenvalue weighted by Gasteiger charge is -2.27. The average Bonchev–Trinajstić information content (AvgIpc) is 2.43. The Morgan fingerprint density at radius 1 is 1.19 bits per heavy atom. The minimum Gasteiger partial charge on any atom is -0.326 e. The third-order valence-corrected chi connectivity index (χ3v) is 4.36. The van der Waals surface area contributed by atoms with Crippen molar-refractivity contribution in [3.8, 4) is 0 Å². The van der Waals surface area contributed by atoms with Crippen LogP contribution in [-0.2, 0) is 4.79 Å². The minimum absolute atomic E-state index is 0.0499. The van der Waals surface area contributed by atoms with Crippen LogP contribution in [0.15, 0.2) is 30.3 Å². The van der Waals surface area contributed by atoms with Crippen LogP contribution in [0.3, 0.4) is 0 Å². The van der Waals surface area contributed by atoms with E-state index < -0.39 is 5.82 Å². The van der Waals surface area contributed by atoms with Crippen LogP contribution in [0, 0.1) is 19.7 Å². The number of aryl methyl sites for hydroxylation is 2. The van der Waals surface area contributed by atoms with Gasteiger partial charge in [0.25, 0.3) is 0 Å². The van der Waals surface area contributed by atoms with E-state index >= 15 is 0 Å². The summed E-state index contributed by atoms with van der Waals surface area (Å²) in [5.74, 6) is -0.642. The molecule has 0 spiro atoms. The first-order valence-electron chi connectivity index (χ1n) is 6.81. The van der Waals surface area contributed by atoms with Crippen LogP contribution in [0.2, 0.25) is 5.02 Å². The first-order chi connectivity index (χ1) is 9.95. The van der Waals surface area contributed by atoms with Gasteiger partial charge in [-0.2, -0.15) is 0 Å². The Labute approximate surface area is 127 Å². The van der Waals surface area contributed by atoms with E-state index in [1.54, 1.807) is 12.1 Å². The standard InChI is InChI=1S/C17H15ClFNO/c1-9-5-13-12(11-3-4-14(18)15(19)7-11)8-17(21)20-16(13)6-10(9)2/h3-7,12H,8H2,1-2H3,(H,20,21). The first-order valence-corrected chi connectivity index (χ1v) is 7.19. The predicted molar refractivity (Wildman–Crippen MR) is 82.4 cm³/mol. The van der Waals surface area contributed by atoms with E-state index in [1.807, 2.05) is 19.9 Å². The summed E-state index contributed by atoms with van der Waals surface area (Å²) in [5.41, 5.74) is 4.90. The number of carbonyl (C=O) groups excluding carboxylic acids is 1. The van der Waals surface area contributed by atoms with Gasteiger partial charge >= 0.3 is 0 Å². The lowest BCUT2D eigenvalue weighted by molar-refractivity contribution is -0.116. The summed E-state index contributed by atoms with van der Waals surface area (Å²) in [7, 11) is 0. The van der Waals surface area contributed by atoms with Gasteiger partial charge in [-0.1, -0.05) is 23.7 Å². The number of nitrogens with one attached hydrogen (secondary N) is 1. The van der Waals surface area contributed by atoms with Crippen molar-refractivity contribution in [2.24, 2.45) is 0 Å². The van der Waals surface area contributed by atoms with Gasteiger partial charge in [-0.3, -0.25) is 4.79 Å². The lowest BCUT2D eigenvalue weighted by Crippen LogP contribution is -2.24. The van der Waals surface area contributed by atoms with E-state index in [-0.39, 0.29) is 16.8 Å². The molecule has 1 aliphatic rings. The van der Waals surface area contributed by atoms with Crippen LogP contribution in [0.25, 0.3) is 0 Å². The molecule has 1 unspecified atom stereocenters. The number of benzene rings is 2. The maximum atomic E-state index is 13.7. The SMILES string of the molecule is Cc1cc2c(cc1C)C(c1ccc(Cl)c(F)c1)CC(=O)N2. The van der Waals surface area contributed by atoms with E-state index in [0.717, 1.165) is 27.9 Å². The number of carbonyl (C=O) groups is 1. The zero-order chi connectivity index (χ0) is 15.1. The van der Waals surface area contributed by atoms with Crippen LogP contribution in [0.1, 0.15) is 34.6 Å². The molecule has 108 valence electrons. The summed E-state index contributed by atoms with van der Waals surface area (Å²) in [6.45, 7) is 4.04. The maximum Gasteiger partial charge on any atom is 0.225 e. The minimum atomic E-state index is -0.453. The number of anilines is 1. The number of fused-ring (bicyclic) bond motifs is 1. The van der Waals surface area contributed by atoms with Gasteiger partial charge in [0, 0.05) is 18.0 Å². The number of amides is 1. The molecule has 0 aromatic heterocycles. The highest BCUT2D eigenvalue weighted by atomic mass is 35.5. The fourth-order valence-electron chi connectivity index (χ4n) is 2.76. The molecule has 21 heavy (non-hydrogen) atoms. The fourth-order valence-corrected chi connectivity index (χ4v) is 2.88. The zero-order valence-corrected chi connectivity index (χ0v) is 12.6. The Kier molecular flexibility index (Phi) is 3.46. The molecule has 1 amide bonds. The monoisotopic (exact) mass is 303 g/mol. The van der Waals surface area contributed by atoms with Gasteiger partial charge in [0.2, 0.25) is 5.91 Å². The fraction of sp³-hybridized carbons (Fsp3) is 0.235. The van der Waals surface area contributed by atoms with Gasteiger partial charge in [-0.15, -0.1) is 0 Å². The summed E-state index contributed by atoms with van der Waals surface area (Å²) in [6, 6.07) is 8.79. The molecule has 2 aromatic rings. The van der Waals surface area contributed by atoms with E-state index in [9.17, 15) is 9.18 Å². The van der Waals surface area contributed by atoms with Crippen molar-refractivity contribution in [2.45, 2.75) is 26.2 Å². The number of hydrogen-bond acceptors (Lipinski definition) is 1. The second-order valence-corrected chi connectivity index (χ2v) is 5.91. The molecule has 0 saturated carbocycles. The van der Waals surface area contributed by atoms with Crippen molar-refractivity contribution in [1.82, 2.24) is 0 Å². The molecule has 1 atom stereocenters. The number of halogens is 2. The molecule has 2 nitrogen and oxygen atoms in total. The third kappa shape index (κ3) is 2.54. The highest BCUT2D eigenvalue weighted by Gasteiger charge is 2.27. The summed E-state index contributed by atoms with van der Waals surface area (Å²) in [4.78, 5) is 11.9. The molecule has 4 heteroatoms. The second-order valence-electron chi connectivity index (χ2n) is 5.50. The Hall–Kier alpha value is -1.87. The smallest absolute Gasteiger partial charge is 0.225 e. The van der Waals surface area contributed by atoms with Gasteiger partial charge in [-0.25, -0.2) is 4.39 Å². The molecule has 1 N–H and O–H groups in total. The van der Waals surface area contributed by atoms with E-state index in [4.69, 9.17) is 11.6 Å². The van der Waals surface area contributed by atoms with Gasteiger partial charge in [0.1, 0.15) is 5.82 Å². The Morgan fingerprint density at radius 3 is 2.62 bits per heavy atom. The molecule has 2 aromatic carbocycles. The van der Waals surface area contributed by atoms with Crippen LogP contribution in [-0.4, -0.2) is 5.91 Å². The third-order valence-electron chi connectivity index (χ3n) is 4.05. The summed E-state index contributed by atoms with van der Waals surface area (Å²) in [5, 5.41) is 2.99. The normalized spacial score (nSPS) is 17.3. The van der Waals surface area contributed by atoms with Crippen LogP contribution >= 0.6 is 11.6 Å². The quantitative estimate of drug-likeness (QED) is 0.821. The van der Waals surface area contributed by atoms with Gasteiger partial charge in [-0.05, 0) is 54.3 Å². The summed E-state index contributed by atoms with van der Waals surface area (Å²) >= 11 is 5.74. The van der Waals surface area contributed by atoms with Gasteiger partial charge in [0.15, 0.2) is 0 Å². The molecule has 0 radical (unpaired) electrons. The molecule has 1 aliphatic heterocycles. The molecule has 0 saturated heterocycles. The molecular weight excluding hydrogens is 289 g/mol. The van der Waals surface area contributed by atoms with E-state index in [1.165, 1.54) is 6.07 Å². The van der Waals surface area contributed by atoms with E-state index in [2.05, 4.69) is 11.4 Å². The zero-order valence-electron chi connectivity index (χ0n) is 11.8. The highest BCUT2D eigenvalue weighted by molar-refractivity contribution is 6.30. The van der Waals surface area contributed by atoms with Crippen LogP contribution < -0.4 is 5.32 Å². The largest absolute Gasteiger partial charge is 0.326 e. The van der Waals surface area contributed by atoms with Crippen molar-refractivity contribution in [3.63, 3.8) is 0 Å². The predicted octanol–water partition coefficient (Wildman–Crippen LogP) is 4.57. The second kappa shape index (κ2) is 5.15. The van der Waals surface area contributed by atoms with Crippen molar-refractivity contribution >= 4 is 23.2 Å². The summed E-state index contributed by atoms with van der Waals surface area (Å²) < 4.78 is 13.7.